The summed E-state index contributed by atoms with van der Waals surface area (Å²) in [4.78, 5) is 0. The quantitative estimate of drug-likeness (QED) is 0.810. The fraction of sp³-hybridized carbons (Fsp3) is 0.333. The minimum Gasteiger partial charge on any atom is -0.324 e. The molecule has 1 rings (SSSR count). The Bertz CT molecular complexity index is 297. The van der Waals surface area contributed by atoms with Crippen molar-refractivity contribution in [3.05, 3.63) is 32.8 Å². The average molecular weight is 249 g/mol. The van der Waals surface area contributed by atoms with Gasteiger partial charge in [-0.3, -0.25) is 0 Å². The van der Waals surface area contributed by atoms with E-state index < -0.39 is 0 Å². The number of nitrogens with two attached hydrogens (primary N) is 1. The van der Waals surface area contributed by atoms with Crippen molar-refractivity contribution in [3.8, 4) is 0 Å². The maximum atomic E-state index is 5.90. The van der Waals surface area contributed by atoms with Gasteiger partial charge < -0.3 is 5.73 Å². The van der Waals surface area contributed by atoms with Crippen molar-refractivity contribution in [3.63, 3.8) is 0 Å². The van der Waals surface area contributed by atoms with Crippen LogP contribution in [0.5, 0.6) is 0 Å². The molecule has 2 N–H and O–H groups in total. The molecule has 0 aliphatic carbocycles. The van der Waals surface area contributed by atoms with Gasteiger partial charge >= 0.3 is 0 Å². The molecule has 0 saturated heterocycles. The van der Waals surface area contributed by atoms with Crippen molar-refractivity contribution in [2.45, 2.75) is 19.9 Å². The lowest BCUT2D eigenvalue weighted by Crippen LogP contribution is -2.06. The third-order valence-electron chi connectivity index (χ3n) is 1.80. The molecule has 1 atom stereocenters. The van der Waals surface area contributed by atoms with Gasteiger partial charge in [-0.1, -0.05) is 11.6 Å². The standard InChI is InChI=1S/C9H11BrClN/c1-5-3-9(11)8(10)4-7(5)6(2)12/h3-4,6H,12H2,1-2H3. The largest absolute Gasteiger partial charge is 0.324 e. The first-order valence-corrected chi connectivity index (χ1v) is 4.90. The summed E-state index contributed by atoms with van der Waals surface area (Å²) < 4.78 is 0.905. The molecule has 0 fully saturated rings. The number of halogens is 2. The molecule has 12 heavy (non-hydrogen) atoms. The SMILES string of the molecule is Cc1cc(Cl)c(Br)cc1C(C)N. The van der Waals surface area contributed by atoms with Gasteiger partial charge in [0, 0.05) is 10.5 Å². The van der Waals surface area contributed by atoms with Crippen molar-refractivity contribution < 1.29 is 0 Å². The van der Waals surface area contributed by atoms with Crippen LogP contribution in [-0.4, -0.2) is 0 Å². The third-order valence-corrected chi connectivity index (χ3v) is 3.00. The predicted molar refractivity (Wildman–Crippen MR) is 56.5 cm³/mol. The highest BCUT2D eigenvalue weighted by Gasteiger charge is 2.06. The summed E-state index contributed by atoms with van der Waals surface area (Å²) in [6.45, 7) is 3.97. The molecule has 0 heterocycles. The van der Waals surface area contributed by atoms with E-state index in [-0.39, 0.29) is 6.04 Å². The number of hydrogen-bond acceptors (Lipinski definition) is 1. The van der Waals surface area contributed by atoms with E-state index in [0.717, 1.165) is 20.6 Å². The molecule has 1 aromatic rings. The Hall–Kier alpha value is -0.0500. The van der Waals surface area contributed by atoms with Gasteiger partial charge in [0.05, 0.1) is 5.02 Å². The summed E-state index contributed by atoms with van der Waals surface area (Å²) in [7, 11) is 0. The number of rotatable bonds is 1. The molecule has 0 amide bonds. The van der Waals surface area contributed by atoms with E-state index in [2.05, 4.69) is 15.9 Å². The van der Waals surface area contributed by atoms with Gasteiger partial charge in [0.25, 0.3) is 0 Å². The molecule has 0 aromatic heterocycles. The molecule has 0 spiro atoms. The van der Waals surface area contributed by atoms with E-state index >= 15 is 0 Å². The minimum absolute atomic E-state index is 0.0542. The lowest BCUT2D eigenvalue weighted by molar-refractivity contribution is 0.809. The highest BCUT2D eigenvalue weighted by molar-refractivity contribution is 9.10. The Morgan fingerprint density at radius 3 is 2.58 bits per heavy atom. The number of aryl methyl sites for hydroxylation is 1. The Morgan fingerprint density at radius 1 is 1.50 bits per heavy atom. The Kier molecular flexibility index (Phi) is 3.16. The zero-order valence-electron chi connectivity index (χ0n) is 7.07. The van der Waals surface area contributed by atoms with E-state index in [1.54, 1.807) is 0 Å². The topological polar surface area (TPSA) is 26.0 Å². The zero-order chi connectivity index (χ0) is 9.30. The van der Waals surface area contributed by atoms with Crippen molar-refractivity contribution in [1.29, 1.82) is 0 Å². The maximum Gasteiger partial charge on any atom is 0.0550 e. The Morgan fingerprint density at radius 2 is 2.08 bits per heavy atom. The smallest absolute Gasteiger partial charge is 0.0550 e. The van der Waals surface area contributed by atoms with Crippen LogP contribution in [0.1, 0.15) is 24.1 Å². The van der Waals surface area contributed by atoms with E-state index in [4.69, 9.17) is 17.3 Å². The van der Waals surface area contributed by atoms with Crippen molar-refractivity contribution in [2.75, 3.05) is 0 Å². The van der Waals surface area contributed by atoms with Crippen LogP contribution >= 0.6 is 27.5 Å². The highest BCUT2D eigenvalue weighted by atomic mass is 79.9. The molecule has 0 saturated carbocycles. The summed E-state index contributed by atoms with van der Waals surface area (Å²) >= 11 is 9.26. The van der Waals surface area contributed by atoms with Gasteiger partial charge in [-0.2, -0.15) is 0 Å². The molecular formula is C9H11BrClN. The molecule has 0 aliphatic heterocycles. The molecule has 1 nitrogen and oxygen atoms in total. The number of benzene rings is 1. The zero-order valence-corrected chi connectivity index (χ0v) is 9.41. The molecular weight excluding hydrogens is 237 g/mol. The number of hydrogen-bond donors (Lipinski definition) is 1. The van der Waals surface area contributed by atoms with Crippen LogP contribution in [0.4, 0.5) is 0 Å². The third kappa shape index (κ3) is 2.00. The summed E-state index contributed by atoms with van der Waals surface area (Å²) in [5.41, 5.74) is 8.04. The molecule has 1 unspecified atom stereocenters. The van der Waals surface area contributed by atoms with Gasteiger partial charge in [-0.15, -0.1) is 0 Å². The average Bonchev–Trinajstić information content (AvgIpc) is 1.96. The van der Waals surface area contributed by atoms with Gasteiger partial charge in [0.1, 0.15) is 0 Å². The van der Waals surface area contributed by atoms with Crippen LogP contribution in [0.25, 0.3) is 0 Å². The first kappa shape index (κ1) is 10.0. The Balaban J connectivity index is 3.23. The predicted octanol–water partition coefficient (Wildman–Crippen LogP) is 3.43. The van der Waals surface area contributed by atoms with E-state index in [1.165, 1.54) is 0 Å². The van der Waals surface area contributed by atoms with E-state index in [9.17, 15) is 0 Å². The monoisotopic (exact) mass is 247 g/mol. The van der Waals surface area contributed by atoms with E-state index in [0.29, 0.717) is 0 Å². The van der Waals surface area contributed by atoms with Crippen molar-refractivity contribution in [2.24, 2.45) is 5.73 Å². The normalized spacial score (nSPS) is 13.1. The van der Waals surface area contributed by atoms with Crippen LogP contribution in [0.2, 0.25) is 5.02 Å². The fourth-order valence-electron chi connectivity index (χ4n) is 1.15. The highest BCUT2D eigenvalue weighted by Crippen LogP contribution is 2.28. The summed E-state index contributed by atoms with van der Waals surface area (Å²) in [6, 6.07) is 3.95. The molecule has 0 radical (unpaired) electrons. The van der Waals surface area contributed by atoms with Crippen LogP contribution in [-0.2, 0) is 0 Å². The van der Waals surface area contributed by atoms with Gasteiger partial charge in [-0.05, 0) is 53.0 Å². The van der Waals surface area contributed by atoms with Gasteiger partial charge in [-0.25, -0.2) is 0 Å². The summed E-state index contributed by atoms with van der Waals surface area (Å²) in [5.74, 6) is 0. The van der Waals surface area contributed by atoms with Gasteiger partial charge in [0.2, 0.25) is 0 Å². The van der Waals surface area contributed by atoms with Crippen LogP contribution in [0.3, 0.4) is 0 Å². The van der Waals surface area contributed by atoms with Crippen molar-refractivity contribution >= 4 is 27.5 Å². The second-order valence-corrected chi connectivity index (χ2v) is 4.17. The lowest BCUT2D eigenvalue weighted by Gasteiger charge is -2.10. The maximum absolute atomic E-state index is 5.90. The first-order valence-electron chi connectivity index (χ1n) is 3.73. The second kappa shape index (κ2) is 3.77. The summed E-state index contributed by atoms with van der Waals surface area (Å²) in [6.07, 6.45) is 0. The van der Waals surface area contributed by atoms with Crippen LogP contribution < -0.4 is 5.73 Å². The minimum atomic E-state index is 0.0542. The first-order chi connectivity index (χ1) is 5.52. The van der Waals surface area contributed by atoms with Crippen LogP contribution in [0, 0.1) is 6.92 Å². The Labute approximate surface area is 86.0 Å². The summed E-state index contributed by atoms with van der Waals surface area (Å²) in [5, 5.41) is 0.733. The van der Waals surface area contributed by atoms with Gasteiger partial charge in [0.15, 0.2) is 0 Å². The molecule has 1 aromatic carbocycles. The molecule has 3 heteroatoms. The van der Waals surface area contributed by atoms with Crippen LogP contribution in [0.15, 0.2) is 16.6 Å². The molecule has 66 valence electrons. The van der Waals surface area contributed by atoms with Crippen molar-refractivity contribution in [1.82, 2.24) is 0 Å². The van der Waals surface area contributed by atoms with E-state index in [1.807, 2.05) is 26.0 Å². The molecule has 0 aliphatic rings. The fourth-order valence-corrected chi connectivity index (χ4v) is 1.73. The lowest BCUT2D eigenvalue weighted by atomic mass is 10.0. The molecule has 0 bridgehead atoms. The second-order valence-electron chi connectivity index (χ2n) is 2.91.